The Kier molecular flexibility index (Phi) is 5.39. The molecule has 0 radical (unpaired) electrons. The lowest BCUT2D eigenvalue weighted by atomic mass is 10.2. The predicted molar refractivity (Wildman–Crippen MR) is 103 cm³/mol. The first-order chi connectivity index (χ1) is 12.4. The van der Waals surface area contributed by atoms with Crippen molar-refractivity contribution < 1.29 is 14.3 Å². The molecule has 2 atom stereocenters. The first kappa shape index (κ1) is 18.5. The molecule has 0 spiro atoms. The van der Waals surface area contributed by atoms with Gasteiger partial charge in [0.15, 0.2) is 0 Å². The number of benzene rings is 2. The average Bonchev–Trinajstić information content (AvgIpc) is 3.39. The van der Waals surface area contributed by atoms with Crippen molar-refractivity contribution in [1.82, 2.24) is 0 Å². The molecule has 1 aliphatic carbocycles. The summed E-state index contributed by atoms with van der Waals surface area (Å²) in [6.45, 7) is 1.89. The summed E-state index contributed by atoms with van der Waals surface area (Å²) >= 11 is 12.0. The van der Waals surface area contributed by atoms with Crippen LogP contribution in [0.2, 0.25) is 10.0 Å². The molecule has 3 rings (SSSR count). The number of carbonyl (C=O) groups excluding carboxylic acids is 2. The van der Waals surface area contributed by atoms with Gasteiger partial charge in [-0.3, -0.25) is 9.59 Å². The molecule has 5 nitrogen and oxygen atoms in total. The van der Waals surface area contributed by atoms with Crippen molar-refractivity contribution in [3.05, 3.63) is 52.0 Å². The number of ether oxygens (including phenoxy) is 1. The fourth-order valence-corrected chi connectivity index (χ4v) is 3.04. The molecule has 1 saturated carbocycles. The van der Waals surface area contributed by atoms with Crippen molar-refractivity contribution in [3.63, 3.8) is 0 Å². The van der Waals surface area contributed by atoms with Crippen molar-refractivity contribution in [2.75, 3.05) is 17.7 Å². The summed E-state index contributed by atoms with van der Waals surface area (Å²) in [5.41, 5.74) is 2.04. The van der Waals surface area contributed by atoms with Gasteiger partial charge in [0.25, 0.3) is 0 Å². The average molecular weight is 393 g/mol. The highest BCUT2D eigenvalue weighted by Crippen LogP contribution is 2.41. The van der Waals surface area contributed by atoms with Gasteiger partial charge in [-0.05, 0) is 49.2 Å². The van der Waals surface area contributed by atoms with Gasteiger partial charge in [-0.25, -0.2) is 0 Å². The van der Waals surface area contributed by atoms with E-state index in [0.29, 0.717) is 33.6 Å². The van der Waals surface area contributed by atoms with Gasteiger partial charge in [0, 0.05) is 15.7 Å². The maximum Gasteiger partial charge on any atom is 0.228 e. The summed E-state index contributed by atoms with van der Waals surface area (Å²) in [5, 5.41) is 6.66. The highest BCUT2D eigenvalue weighted by molar-refractivity contribution is 6.31. The molecule has 7 heteroatoms. The molecule has 1 aliphatic rings. The quantitative estimate of drug-likeness (QED) is 0.785. The zero-order chi connectivity index (χ0) is 18.8. The molecule has 2 unspecified atom stereocenters. The smallest absolute Gasteiger partial charge is 0.228 e. The van der Waals surface area contributed by atoms with Gasteiger partial charge < -0.3 is 15.4 Å². The van der Waals surface area contributed by atoms with Gasteiger partial charge in [-0.2, -0.15) is 0 Å². The third-order valence-electron chi connectivity index (χ3n) is 4.32. The van der Waals surface area contributed by atoms with Crippen LogP contribution < -0.4 is 15.4 Å². The molecular weight excluding hydrogens is 375 g/mol. The Bertz CT molecular complexity index is 870. The van der Waals surface area contributed by atoms with Crippen LogP contribution in [0.25, 0.3) is 0 Å². The molecule has 0 aliphatic heterocycles. The van der Waals surface area contributed by atoms with E-state index < -0.39 is 0 Å². The molecule has 2 aromatic rings. The monoisotopic (exact) mass is 392 g/mol. The molecular formula is C19H18Cl2N2O3. The normalized spacial score (nSPS) is 18.2. The fourth-order valence-electron chi connectivity index (χ4n) is 2.68. The van der Waals surface area contributed by atoms with Crippen molar-refractivity contribution in [2.24, 2.45) is 11.8 Å². The molecule has 0 aromatic heterocycles. The van der Waals surface area contributed by atoms with E-state index in [2.05, 4.69) is 10.6 Å². The van der Waals surface area contributed by atoms with Gasteiger partial charge in [0.05, 0.1) is 24.6 Å². The number of amides is 2. The number of anilines is 2. The molecule has 2 aromatic carbocycles. The molecule has 0 heterocycles. The van der Waals surface area contributed by atoms with Crippen LogP contribution in [0.3, 0.4) is 0 Å². The minimum Gasteiger partial charge on any atom is -0.495 e. The molecule has 0 saturated heterocycles. The maximum absolute atomic E-state index is 12.4. The van der Waals surface area contributed by atoms with Crippen LogP contribution in [0.4, 0.5) is 11.4 Å². The Balaban J connectivity index is 1.61. The highest BCUT2D eigenvalue weighted by atomic mass is 35.5. The van der Waals surface area contributed by atoms with E-state index >= 15 is 0 Å². The Morgan fingerprint density at radius 3 is 2.38 bits per heavy atom. The number of methoxy groups -OCH3 is 1. The number of nitrogens with one attached hydrogen (secondary N) is 2. The number of halogens is 2. The van der Waals surface area contributed by atoms with E-state index in [1.165, 1.54) is 7.11 Å². The summed E-state index contributed by atoms with van der Waals surface area (Å²) in [4.78, 5) is 24.7. The van der Waals surface area contributed by atoms with Crippen LogP contribution in [0.5, 0.6) is 5.75 Å². The first-order valence-electron chi connectivity index (χ1n) is 8.10. The van der Waals surface area contributed by atoms with Crippen LogP contribution >= 0.6 is 23.2 Å². The van der Waals surface area contributed by atoms with Crippen molar-refractivity contribution >= 4 is 46.4 Å². The SMILES string of the molecule is COc1ccc(Cl)cc1NC(=O)C1CC1C(=O)Nc1ccc(C)c(Cl)c1. The third-order valence-corrected chi connectivity index (χ3v) is 4.97. The fraction of sp³-hybridized carbons (Fsp3) is 0.263. The van der Waals surface area contributed by atoms with Crippen molar-refractivity contribution in [1.29, 1.82) is 0 Å². The first-order valence-corrected chi connectivity index (χ1v) is 8.86. The molecule has 1 fully saturated rings. The summed E-state index contributed by atoms with van der Waals surface area (Å²) in [6, 6.07) is 10.3. The second-order valence-electron chi connectivity index (χ2n) is 6.24. The number of hydrogen-bond donors (Lipinski definition) is 2. The van der Waals surface area contributed by atoms with Crippen LogP contribution in [0.15, 0.2) is 36.4 Å². The second kappa shape index (κ2) is 7.56. The molecule has 2 N–H and O–H groups in total. The summed E-state index contributed by atoms with van der Waals surface area (Å²) in [7, 11) is 1.51. The Hall–Kier alpha value is -2.24. The van der Waals surface area contributed by atoms with Gasteiger partial charge in [-0.1, -0.05) is 29.3 Å². The van der Waals surface area contributed by atoms with Gasteiger partial charge in [-0.15, -0.1) is 0 Å². The Labute approximate surface area is 161 Å². The zero-order valence-electron chi connectivity index (χ0n) is 14.3. The van der Waals surface area contributed by atoms with E-state index in [0.717, 1.165) is 5.56 Å². The second-order valence-corrected chi connectivity index (χ2v) is 7.08. The predicted octanol–water partition coefficient (Wildman–Crippen LogP) is 4.52. The van der Waals surface area contributed by atoms with Crippen LogP contribution in [0.1, 0.15) is 12.0 Å². The van der Waals surface area contributed by atoms with Gasteiger partial charge in [0.2, 0.25) is 11.8 Å². The van der Waals surface area contributed by atoms with E-state index in [9.17, 15) is 9.59 Å². The topological polar surface area (TPSA) is 67.4 Å². The van der Waals surface area contributed by atoms with E-state index in [1.807, 2.05) is 13.0 Å². The van der Waals surface area contributed by atoms with Crippen LogP contribution in [-0.4, -0.2) is 18.9 Å². The summed E-state index contributed by atoms with van der Waals surface area (Å²) in [5.74, 6) is -0.644. The lowest BCUT2D eigenvalue weighted by molar-refractivity contribution is -0.122. The van der Waals surface area contributed by atoms with Crippen molar-refractivity contribution in [3.8, 4) is 5.75 Å². The third kappa shape index (κ3) is 4.11. The molecule has 2 amide bonds. The van der Waals surface area contributed by atoms with E-state index in [1.54, 1.807) is 30.3 Å². The van der Waals surface area contributed by atoms with Crippen molar-refractivity contribution in [2.45, 2.75) is 13.3 Å². The highest BCUT2D eigenvalue weighted by Gasteiger charge is 2.48. The van der Waals surface area contributed by atoms with E-state index in [-0.39, 0.29) is 23.7 Å². The van der Waals surface area contributed by atoms with Gasteiger partial charge in [0.1, 0.15) is 5.75 Å². The number of carbonyl (C=O) groups is 2. The van der Waals surface area contributed by atoms with Crippen LogP contribution in [-0.2, 0) is 9.59 Å². The zero-order valence-corrected chi connectivity index (χ0v) is 15.8. The number of hydrogen-bond acceptors (Lipinski definition) is 3. The van der Waals surface area contributed by atoms with Gasteiger partial charge >= 0.3 is 0 Å². The molecule has 136 valence electrons. The Morgan fingerprint density at radius 2 is 1.73 bits per heavy atom. The Morgan fingerprint density at radius 1 is 1.04 bits per heavy atom. The van der Waals surface area contributed by atoms with Crippen LogP contribution in [0, 0.1) is 18.8 Å². The summed E-state index contributed by atoms with van der Waals surface area (Å²) < 4.78 is 5.21. The lowest BCUT2D eigenvalue weighted by Crippen LogP contribution is -2.20. The standard InChI is InChI=1S/C19H18Cl2N2O3/c1-10-3-5-12(8-15(10)21)22-18(24)13-9-14(13)19(25)23-16-7-11(20)4-6-17(16)26-2/h3-8,13-14H,9H2,1-2H3,(H,22,24)(H,23,25). The van der Waals surface area contributed by atoms with E-state index in [4.69, 9.17) is 27.9 Å². The molecule has 26 heavy (non-hydrogen) atoms. The number of aryl methyl sites for hydroxylation is 1. The number of rotatable bonds is 5. The minimum atomic E-state index is -0.375. The largest absolute Gasteiger partial charge is 0.495 e. The maximum atomic E-state index is 12.4. The lowest BCUT2D eigenvalue weighted by Gasteiger charge is -2.10. The minimum absolute atomic E-state index is 0.192. The molecule has 0 bridgehead atoms. The summed E-state index contributed by atoms with van der Waals surface area (Å²) in [6.07, 6.45) is 0.500.